The van der Waals surface area contributed by atoms with E-state index in [-0.39, 0.29) is 12.3 Å². The van der Waals surface area contributed by atoms with Gasteiger partial charge in [-0.15, -0.1) is 11.3 Å². The van der Waals surface area contributed by atoms with Crippen LogP contribution in [-0.4, -0.2) is 69.4 Å². The van der Waals surface area contributed by atoms with Crippen molar-refractivity contribution in [3.8, 4) is 6.07 Å². The molecule has 6 rings (SSSR count). The van der Waals surface area contributed by atoms with Gasteiger partial charge in [0.15, 0.2) is 5.82 Å². The van der Waals surface area contributed by atoms with Crippen molar-refractivity contribution in [2.45, 2.75) is 32.0 Å². The number of nitriles is 1. The standard InChI is InChI=1S/C28H28N8O2S/c29-10-9-23-22(27-32-24-3-1-2-4-25(24)39-27)15-30-28(33-23)37-18-21-7-5-20(6-8-21)16-35-11-13-36(14-12-35)17-26-31-19-38-34-26/h1-8,19,22H,9,11-18H2. The Bertz CT molecular complexity index is 1470. The fourth-order valence-corrected chi connectivity index (χ4v) is 5.89. The lowest BCUT2D eigenvalue weighted by Crippen LogP contribution is -2.45. The van der Waals surface area contributed by atoms with Gasteiger partial charge in [0.2, 0.25) is 6.39 Å². The summed E-state index contributed by atoms with van der Waals surface area (Å²) in [5.74, 6) is 0.648. The van der Waals surface area contributed by atoms with Gasteiger partial charge in [0.1, 0.15) is 11.6 Å². The zero-order valence-electron chi connectivity index (χ0n) is 21.4. The molecular weight excluding hydrogens is 512 g/mol. The second kappa shape index (κ2) is 11.8. The number of amidine groups is 1. The van der Waals surface area contributed by atoms with Crippen LogP contribution >= 0.6 is 11.3 Å². The molecule has 0 N–H and O–H groups in total. The van der Waals surface area contributed by atoms with Crippen molar-refractivity contribution in [2.75, 3.05) is 32.7 Å². The topological polar surface area (TPSA) is 116 Å². The number of thiazole rings is 1. The Morgan fingerprint density at radius 2 is 1.77 bits per heavy atom. The van der Waals surface area contributed by atoms with E-state index in [2.05, 4.69) is 66.3 Å². The van der Waals surface area contributed by atoms with Crippen molar-refractivity contribution in [3.05, 3.63) is 76.9 Å². The Kier molecular flexibility index (Phi) is 7.67. The first kappa shape index (κ1) is 25.3. The summed E-state index contributed by atoms with van der Waals surface area (Å²) in [6.07, 6.45) is 1.60. The minimum Gasteiger partial charge on any atom is -0.459 e. The molecule has 1 saturated heterocycles. The maximum Gasteiger partial charge on any atom is 0.311 e. The molecule has 0 radical (unpaired) electrons. The third kappa shape index (κ3) is 6.20. The fourth-order valence-electron chi connectivity index (χ4n) is 4.81. The minimum atomic E-state index is -0.0884. The zero-order valence-corrected chi connectivity index (χ0v) is 22.3. The smallest absolute Gasteiger partial charge is 0.311 e. The lowest BCUT2D eigenvalue weighted by atomic mass is 10.0. The van der Waals surface area contributed by atoms with Gasteiger partial charge in [-0.1, -0.05) is 41.6 Å². The van der Waals surface area contributed by atoms with Crippen LogP contribution < -0.4 is 0 Å². The number of nitrogens with zero attached hydrogens (tertiary/aromatic N) is 8. The second-order valence-electron chi connectivity index (χ2n) is 9.64. The van der Waals surface area contributed by atoms with Gasteiger partial charge in [0, 0.05) is 38.4 Å². The van der Waals surface area contributed by atoms with E-state index in [1.54, 1.807) is 11.3 Å². The second-order valence-corrected chi connectivity index (χ2v) is 10.7. The predicted molar refractivity (Wildman–Crippen MR) is 148 cm³/mol. The number of aromatic nitrogens is 3. The van der Waals surface area contributed by atoms with Gasteiger partial charge in [-0.25, -0.2) is 15.0 Å². The normalized spacial score (nSPS) is 18.5. The van der Waals surface area contributed by atoms with Crippen molar-refractivity contribution < 1.29 is 9.26 Å². The summed E-state index contributed by atoms with van der Waals surface area (Å²) in [5, 5.41) is 14.2. The molecule has 0 aliphatic carbocycles. The molecule has 0 spiro atoms. The summed E-state index contributed by atoms with van der Waals surface area (Å²) < 4.78 is 11.9. The number of hydrogen-bond donors (Lipinski definition) is 0. The molecule has 4 heterocycles. The van der Waals surface area contributed by atoms with E-state index in [1.807, 2.05) is 18.2 Å². The molecule has 2 aliphatic heterocycles. The van der Waals surface area contributed by atoms with Crippen LogP contribution in [0.1, 0.15) is 34.3 Å². The van der Waals surface area contributed by atoms with Crippen molar-refractivity contribution in [1.82, 2.24) is 24.9 Å². The van der Waals surface area contributed by atoms with Crippen LogP contribution in [-0.2, 0) is 24.4 Å². The molecule has 10 nitrogen and oxygen atoms in total. The average Bonchev–Trinajstić information content (AvgIpc) is 3.64. The SMILES string of the molecule is N#CCC1=NC(OCc2ccc(CN3CCN(Cc4ncon4)CC3)cc2)=NCC1c1nc2ccccc2s1. The Morgan fingerprint density at radius 3 is 2.51 bits per heavy atom. The Hall–Kier alpha value is -3.98. The molecule has 39 heavy (non-hydrogen) atoms. The minimum absolute atomic E-state index is 0.0884. The molecular formula is C28H28N8O2S. The van der Waals surface area contributed by atoms with Gasteiger partial charge >= 0.3 is 6.02 Å². The maximum absolute atomic E-state index is 9.38. The van der Waals surface area contributed by atoms with E-state index in [0.29, 0.717) is 19.2 Å². The Labute approximate surface area is 230 Å². The largest absolute Gasteiger partial charge is 0.459 e. The third-order valence-corrected chi connectivity index (χ3v) is 8.10. The molecule has 2 aliphatic rings. The molecule has 198 valence electrons. The van der Waals surface area contributed by atoms with Gasteiger partial charge in [-0.2, -0.15) is 10.2 Å². The van der Waals surface area contributed by atoms with E-state index >= 15 is 0 Å². The van der Waals surface area contributed by atoms with E-state index in [0.717, 1.165) is 71.6 Å². The zero-order chi connectivity index (χ0) is 26.4. The van der Waals surface area contributed by atoms with Gasteiger partial charge in [0.05, 0.1) is 41.7 Å². The number of hydrogen-bond acceptors (Lipinski definition) is 11. The van der Waals surface area contributed by atoms with Gasteiger partial charge in [-0.3, -0.25) is 9.80 Å². The fraction of sp³-hybridized carbons (Fsp3) is 0.357. The number of benzene rings is 2. The summed E-state index contributed by atoms with van der Waals surface area (Å²) in [6.45, 7) is 6.48. The maximum atomic E-state index is 9.38. The molecule has 4 aromatic rings. The van der Waals surface area contributed by atoms with Crippen molar-refractivity contribution in [3.63, 3.8) is 0 Å². The van der Waals surface area contributed by atoms with Crippen molar-refractivity contribution in [1.29, 1.82) is 5.26 Å². The van der Waals surface area contributed by atoms with Gasteiger partial charge < -0.3 is 9.26 Å². The third-order valence-electron chi connectivity index (χ3n) is 6.95. The highest BCUT2D eigenvalue weighted by molar-refractivity contribution is 7.18. The highest BCUT2D eigenvalue weighted by atomic mass is 32.1. The van der Waals surface area contributed by atoms with Crippen LogP contribution in [0.5, 0.6) is 0 Å². The first-order valence-electron chi connectivity index (χ1n) is 13.0. The Balaban J connectivity index is 1.00. The van der Waals surface area contributed by atoms with Crippen LogP contribution in [0.4, 0.5) is 0 Å². The van der Waals surface area contributed by atoms with E-state index in [9.17, 15) is 5.26 Å². The van der Waals surface area contributed by atoms with E-state index < -0.39 is 0 Å². The van der Waals surface area contributed by atoms with Crippen LogP contribution in [0, 0.1) is 11.3 Å². The number of aliphatic imine (C=N–C) groups is 2. The highest BCUT2D eigenvalue weighted by Gasteiger charge is 2.26. The van der Waals surface area contributed by atoms with Crippen LogP contribution in [0.15, 0.2) is 69.4 Å². The molecule has 1 fully saturated rings. The lowest BCUT2D eigenvalue weighted by molar-refractivity contribution is 0.119. The van der Waals surface area contributed by atoms with Crippen LogP contribution in [0.3, 0.4) is 0 Å². The molecule has 0 saturated carbocycles. The molecule has 2 aromatic carbocycles. The van der Waals surface area contributed by atoms with Crippen LogP contribution in [0.2, 0.25) is 0 Å². The average molecular weight is 541 g/mol. The molecule has 0 amide bonds. The first-order valence-corrected chi connectivity index (χ1v) is 13.8. The number of piperazine rings is 1. The summed E-state index contributed by atoms with van der Waals surface area (Å²) >= 11 is 1.63. The molecule has 0 bridgehead atoms. The van der Waals surface area contributed by atoms with Gasteiger partial charge in [-0.05, 0) is 23.3 Å². The predicted octanol–water partition coefficient (Wildman–Crippen LogP) is 4.02. The molecule has 1 atom stereocenters. The summed E-state index contributed by atoms with van der Waals surface area (Å²) in [4.78, 5) is 22.9. The summed E-state index contributed by atoms with van der Waals surface area (Å²) in [6, 6.07) is 19.1. The van der Waals surface area contributed by atoms with Crippen LogP contribution in [0.25, 0.3) is 10.2 Å². The number of para-hydroxylation sites is 1. The molecule has 2 aromatic heterocycles. The lowest BCUT2D eigenvalue weighted by Gasteiger charge is -2.34. The number of rotatable bonds is 8. The highest BCUT2D eigenvalue weighted by Crippen LogP contribution is 2.31. The number of fused-ring (bicyclic) bond motifs is 1. The molecule has 1 unspecified atom stereocenters. The van der Waals surface area contributed by atoms with Gasteiger partial charge in [0.25, 0.3) is 0 Å². The quantitative estimate of drug-likeness (QED) is 0.329. The van der Waals surface area contributed by atoms with E-state index in [4.69, 9.17) is 14.2 Å². The number of ether oxygens (including phenoxy) is 1. The monoisotopic (exact) mass is 540 g/mol. The van der Waals surface area contributed by atoms with Crippen molar-refractivity contribution >= 4 is 33.3 Å². The molecule has 11 heteroatoms. The summed E-state index contributed by atoms with van der Waals surface area (Å²) in [7, 11) is 0. The Morgan fingerprint density at radius 1 is 1.00 bits per heavy atom. The van der Waals surface area contributed by atoms with Crippen molar-refractivity contribution in [2.24, 2.45) is 9.98 Å². The van der Waals surface area contributed by atoms with E-state index in [1.165, 1.54) is 12.0 Å². The first-order chi connectivity index (χ1) is 19.2. The summed E-state index contributed by atoms with van der Waals surface area (Å²) in [5.41, 5.74) is 4.05.